The third kappa shape index (κ3) is 2.91. The molecule has 0 aliphatic carbocycles. The normalized spacial score (nSPS) is 14.6. The summed E-state index contributed by atoms with van der Waals surface area (Å²) < 4.78 is 5.06. The summed E-state index contributed by atoms with van der Waals surface area (Å²) in [4.78, 5) is 11.0. The maximum Gasteiger partial charge on any atom is 0.314 e. The lowest BCUT2D eigenvalue weighted by molar-refractivity contribution is -0.143. The first-order valence-electron chi connectivity index (χ1n) is 3.22. The van der Waals surface area contributed by atoms with Crippen LogP contribution in [0.15, 0.2) is 10.2 Å². The number of nitrogens with two attached hydrogens (primary N) is 1. The number of carbonyl (C=O) groups excluding carboxylic acids is 1. The number of carbonyl (C=O) groups is 1. The minimum absolute atomic E-state index is 0.374. The Morgan fingerprint density at radius 1 is 1.75 bits per heavy atom. The molecule has 0 saturated heterocycles. The molecule has 2 N–H and O–H groups in total. The van der Waals surface area contributed by atoms with Crippen LogP contribution in [0.25, 0.3) is 0 Å². The second-order valence-electron chi connectivity index (χ2n) is 2.17. The number of allylic oxidation sites excluding steroid dienone is 1. The van der Waals surface area contributed by atoms with Gasteiger partial charge in [0.15, 0.2) is 0 Å². The van der Waals surface area contributed by atoms with Gasteiger partial charge in [0.05, 0.1) is 13.0 Å². The van der Waals surface area contributed by atoms with Crippen molar-refractivity contribution in [1.29, 1.82) is 0 Å². The lowest BCUT2D eigenvalue weighted by Gasteiger charge is -2.09. The SMILES string of the molecule is COC(=O)C(C)/C(N)=C(\Br)C=S. The minimum Gasteiger partial charge on any atom is -0.469 e. The number of thiocarbonyl (C=S) groups is 1. The highest BCUT2D eigenvalue weighted by atomic mass is 79.9. The number of hydrogen-bond acceptors (Lipinski definition) is 4. The number of esters is 1. The van der Waals surface area contributed by atoms with Gasteiger partial charge < -0.3 is 10.5 Å². The van der Waals surface area contributed by atoms with Gasteiger partial charge in [-0.25, -0.2) is 0 Å². The Kier molecular flexibility index (Phi) is 5.08. The Morgan fingerprint density at radius 2 is 2.25 bits per heavy atom. The topological polar surface area (TPSA) is 52.3 Å². The summed E-state index contributed by atoms with van der Waals surface area (Å²) in [6, 6.07) is 0. The first-order valence-corrected chi connectivity index (χ1v) is 4.49. The second kappa shape index (κ2) is 5.27. The summed E-state index contributed by atoms with van der Waals surface area (Å²) in [6.07, 6.45) is 0. The van der Waals surface area contributed by atoms with Gasteiger partial charge in [0.25, 0.3) is 0 Å². The molecule has 0 spiro atoms. The van der Waals surface area contributed by atoms with Crippen LogP contribution in [0.3, 0.4) is 0 Å². The van der Waals surface area contributed by atoms with E-state index < -0.39 is 5.92 Å². The zero-order chi connectivity index (χ0) is 9.72. The van der Waals surface area contributed by atoms with E-state index in [1.165, 1.54) is 12.5 Å². The molecular formula is C7H10BrNO2S. The fraction of sp³-hybridized carbons (Fsp3) is 0.429. The zero-order valence-corrected chi connectivity index (χ0v) is 9.24. The van der Waals surface area contributed by atoms with Gasteiger partial charge in [-0.1, -0.05) is 12.2 Å². The highest BCUT2D eigenvalue weighted by molar-refractivity contribution is 9.12. The van der Waals surface area contributed by atoms with Crippen LogP contribution in [0.4, 0.5) is 0 Å². The Balaban J connectivity index is 4.58. The lowest BCUT2D eigenvalue weighted by atomic mass is 10.1. The lowest BCUT2D eigenvalue weighted by Crippen LogP contribution is -2.20. The third-order valence-electron chi connectivity index (χ3n) is 1.40. The molecule has 1 unspecified atom stereocenters. The number of ether oxygens (including phenoxy) is 1. The van der Waals surface area contributed by atoms with Gasteiger partial charge in [0.1, 0.15) is 0 Å². The van der Waals surface area contributed by atoms with Crippen molar-refractivity contribution < 1.29 is 9.53 Å². The number of methoxy groups -OCH3 is 1. The molecular weight excluding hydrogens is 242 g/mol. The average molecular weight is 252 g/mol. The molecule has 1 atom stereocenters. The van der Waals surface area contributed by atoms with Crippen LogP contribution in [0.1, 0.15) is 6.92 Å². The molecule has 0 aromatic carbocycles. The van der Waals surface area contributed by atoms with Gasteiger partial charge in [-0.15, -0.1) is 0 Å². The molecule has 12 heavy (non-hydrogen) atoms. The predicted molar refractivity (Wildman–Crippen MR) is 55.0 cm³/mol. The van der Waals surface area contributed by atoms with E-state index in [1.54, 1.807) is 6.92 Å². The van der Waals surface area contributed by atoms with Crippen LogP contribution >= 0.6 is 28.1 Å². The molecule has 5 heteroatoms. The van der Waals surface area contributed by atoms with Gasteiger partial charge in [-0.2, -0.15) is 0 Å². The fourth-order valence-corrected chi connectivity index (χ4v) is 1.06. The summed E-state index contributed by atoms with van der Waals surface area (Å²) in [6.45, 7) is 1.65. The second-order valence-corrected chi connectivity index (χ2v) is 3.26. The molecule has 68 valence electrons. The molecule has 0 radical (unpaired) electrons. The van der Waals surface area contributed by atoms with Crippen LogP contribution in [0.2, 0.25) is 0 Å². The highest BCUT2D eigenvalue weighted by Crippen LogP contribution is 2.14. The van der Waals surface area contributed by atoms with Crippen LogP contribution in [-0.2, 0) is 9.53 Å². The minimum atomic E-state index is -0.469. The zero-order valence-electron chi connectivity index (χ0n) is 6.83. The van der Waals surface area contributed by atoms with Crippen LogP contribution < -0.4 is 5.73 Å². The molecule has 0 saturated carbocycles. The standard InChI is InChI=1S/C7H10BrNO2S/c1-4(7(10)11-2)6(9)5(8)3-12/h3-4H,9H2,1-2H3/b6-5+. The monoisotopic (exact) mass is 251 g/mol. The molecule has 0 amide bonds. The van der Waals surface area contributed by atoms with E-state index in [-0.39, 0.29) is 5.97 Å². The summed E-state index contributed by atoms with van der Waals surface area (Å²) in [5.41, 5.74) is 5.97. The maximum absolute atomic E-state index is 11.0. The van der Waals surface area contributed by atoms with Crippen molar-refractivity contribution in [1.82, 2.24) is 0 Å². The van der Waals surface area contributed by atoms with Crippen molar-refractivity contribution in [2.45, 2.75) is 6.92 Å². The van der Waals surface area contributed by atoms with Crippen molar-refractivity contribution in [2.75, 3.05) is 7.11 Å². The van der Waals surface area contributed by atoms with E-state index in [1.807, 2.05) is 0 Å². The van der Waals surface area contributed by atoms with E-state index in [0.29, 0.717) is 10.2 Å². The predicted octanol–water partition coefficient (Wildman–Crippen LogP) is 1.36. The molecule has 0 aliphatic rings. The van der Waals surface area contributed by atoms with Crippen LogP contribution in [0.5, 0.6) is 0 Å². The molecule has 0 bridgehead atoms. The average Bonchev–Trinajstić information content (AvgIpc) is 2.12. The number of hydrogen-bond donors (Lipinski definition) is 1. The molecule has 0 aromatic heterocycles. The summed E-state index contributed by atoms with van der Waals surface area (Å²) in [5.74, 6) is -0.843. The van der Waals surface area contributed by atoms with E-state index in [2.05, 4.69) is 32.9 Å². The van der Waals surface area contributed by atoms with Crippen LogP contribution in [0, 0.1) is 5.92 Å². The van der Waals surface area contributed by atoms with Crippen molar-refractivity contribution >= 4 is 39.5 Å². The van der Waals surface area contributed by atoms with Gasteiger partial charge in [0, 0.05) is 15.5 Å². The maximum atomic E-state index is 11.0. The Morgan fingerprint density at radius 3 is 2.58 bits per heavy atom. The number of halogens is 1. The van der Waals surface area contributed by atoms with E-state index >= 15 is 0 Å². The Bertz CT molecular complexity index is 227. The van der Waals surface area contributed by atoms with Gasteiger partial charge >= 0.3 is 5.97 Å². The summed E-state index contributed by atoms with van der Waals surface area (Å²) in [5, 5.41) is 1.37. The molecule has 0 aromatic rings. The number of rotatable bonds is 3. The van der Waals surface area contributed by atoms with Crippen molar-refractivity contribution in [3.05, 3.63) is 10.2 Å². The highest BCUT2D eigenvalue weighted by Gasteiger charge is 2.17. The first-order chi connectivity index (χ1) is 5.54. The molecule has 0 heterocycles. The Hall–Kier alpha value is -0.420. The van der Waals surface area contributed by atoms with Gasteiger partial charge in [-0.05, 0) is 22.9 Å². The van der Waals surface area contributed by atoms with Crippen molar-refractivity contribution in [3.63, 3.8) is 0 Å². The van der Waals surface area contributed by atoms with E-state index in [0.717, 1.165) is 0 Å². The third-order valence-corrected chi connectivity index (χ3v) is 2.63. The van der Waals surface area contributed by atoms with E-state index in [9.17, 15) is 4.79 Å². The van der Waals surface area contributed by atoms with E-state index in [4.69, 9.17) is 5.73 Å². The quantitative estimate of drug-likeness (QED) is 0.468. The molecule has 0 rings (SSSR count). The summed E-state index contributed by atoms with van der Waals surface area (Å²) in [7, 11) is 1.32. The molecule has 0 aliphatic heterocycles. The molecule has 3 nitrogen and oxygen atoms in total. The van der Waals surface area contributed by atoms with Crippen LogP contribution in [-0.4, -0.2) is 18.4 Å². The largest absolute Gasteiger partial charge is 0.469 e. The molecule has 0 fully saturated rings. The fourth-order valence-electron chi connectivity index (χ4n) is 0.579. The van der Waals surface area contributed by atoms with Crippen molar-refractivity contribution in [2.24, 2.45) is 11.7 Å². The summed E-state index contributed by atoms with van der Waals surface area (Å²) >= 11 is 7.76. The first kappa shape index (κ1) is 11.6. The van der Waals surface area contributed by atoms with Gasteiger partial charge in [-0.3, -0.25) is 4.79 Å². The smallest absolute Gasteiger partial charge is 0.314 e. The van der Waals surface area contributed by atoms with Gasteiger partial charge in [0.2, 0.25) is 0 Å². The Labute approximate surface area is 85.1 Å². The van der Waals surface area contributed by atoms with Crippen molar-refractivity contribution in [3.8, 4) is 0 Å².